The third-order valence-electron chi connectivity index (χ3n) is 2.71. The first-order valence-corrected chi connectivity index (χ1v) is 6.23. The Morgan fingerprint density at radius 2 is 1.94 bits per heavy atom. The van der Waals surface area contributed by atoms with Crippen molar-refractivity contribution in [2.45, 2.75) is 0 Å². The molecular formula is C13H10BrN3O. The predicted molar refractivity (Wildman–Crippen MR) is 72.7 cm³/mol. The van der Waals surface area contributed by atoms with E-state index < -0.39 is 0 Å². The summed E-state index contributed by atoms with van der Waals surface area (Å²) in [6.45, 7) is 0. The predicted octanol–water partition coefficient (Wildman–Crippen LogP) is 3.17. The van der Waals surface area contributed by atoms with Crippen LogP contribution < -0.4 is 4.74 Å². The second-order valence-electron chi connectivity index (χ2n) is 3.80. The molecule has 0 aliphatic heterocycles. The number of pyridine rings is 1. The van der Waals surface area contributed by atoms with Gasteiger partial charge in [0.1, 0.15) is 5.75 Å². The maximum absolute atomic E-state index is 5.23. The molecule has 0 atom stereocenters. The van der Waals surface area contributed by atoms with Crippen molar-refractivity contribution in [3.8, 4) is 17.1 Å². The van der Waals surface area contributed by atoms with Gasteiger partial charge in [0.2, 0.25) is 0 Å². The molecular weight excluding hydrogens is 294 g/mol. The lowest BCUT2D eigenvalue weighted by Gasteiger charge is -2.04. The van der Waals surface area contributed by atoms with Crippen LogP contribution in [0.1, 0.15) is 0 Å². The molecule has 5 heteroatoms. The van der Waals surface area contributed by atoms with E-state index in [1.54, 1.807) is 7.11 Å². The van der Waals surface area contributed by atoms with E-state index in [1.165, 1.54) is 0 Å². The molecule has 0 radical (unpaired) electrons. The molecule has 0 aliphatic carbocycles. The summed E-state index contributed by atoms with van der Waals surface area (Å²) in [5, 5.41) is 8.38. The van der Waals surface area contributed by atoms with Gasteiger partial charge in [-0.05, 0) is 40.2 Å². The summed E-state index contributed by atoms with van der Waals surface area (Å²) < 4.78 is 8.10. The Kier molecular flexibility index (Phi) is 2.76. The second-order valence-corrected chi connectivity index (χ2v) is 4.61. The smallest absolute Gasteiger partial charge is 0.169 e. The summed E-state index contributed by atoms with van der Waals surface area (Å²) in [5.41, 5.74) is 1.77. The van der Waals surface area contributed by atoms with E-state index in [2.05, 4.69) is 26.1 Å². The molecule has 3 aromatic rings. The molecule has 0 N–H and O–H groups in total. The molecule has 0 spiro atoms. The third kappa shape index (κ3) is 1.76. The molecule has 0 saturated carbocycles. The highest BCUT2D eigenvalue weighted by Crippen LogP contribution is 2.25. The van der Waals surface area contributed by atoms with E-state index in [0.717, 1.165) is 27.4 Å². The number of hydrogen-bond donors (Lipinski definition) is 0. The van der Waals surface area contributed by atoms with Gasteiger partial charge in [-0.3, -0.25) is 4.40 Å². The van der Waals surface area contributed by atoms with Gasteiger partial charge in [-0.25, -0.2) is 0 Å². The Morgan fingerprint density at radius 3 is 2.78 bits per heavy atom. The van der Waals surface area contributed by atoms with Gasteiger partial charge in [-0.15, -0.1) is 10.2 Å². The fraction of sp³-hybridized carbons (Fsp3) is 0.0769. The minimum atomic E-state index is 0.788. The SMILES string of the molecule is COc1cccc(-c2nnc3cccc(Br)n23)c1. The molecule has 4 nitrogen and oxygen atoms in total. The van der Waals surface area contributed by atoms with E-state index in [4.69, 9.17) is 4.74 Å². The molecule has 0 amide bonds. The summed E-state index contributed by atoms with van der Waals surface area (Å²) in [6, 6.07) is 13.6. The van der Waals surface area contributed by atoms with Crippen LogP contribution in [0.2, 0.25) is 0 Å². The third-order valence-corrected chi connectivity index (χ3v) is 3.33. The largest absolute Gasteiger partial charge is 0.497 e. The van der Waals surface area contributed by atoms with Crippen molar-refractivity contribution in [2.24, 2.45) is 0 Å². The zero-order valence-electron chi connectivity index (χ0n) is 9.67. The van der Waals surface area contributed by atoms with E-state index in [1.807, 2.05) is 46.9 Å². The highest BCUT2D eigenvalue weighted by Gasteiger charge is 2.10. The fourth-order valence-corrected chi connectivity index (χ4v) is 2.35. The molecule has 0 fully saturated rings. The summed E-state index contributed by atoms with van der Waals surface area (Å²) in [6.07, 6.45) is 0. The van der Waals surface area contributed by atoms with Gasteiger partial charge >= 0.3 is 0 Å². The standard InChI is InChI=1S/C13H10BrN3O/c1-18-10-5-2-4-9(8-10)13-16-15-12-7-3-6-11(14)17(12)13/h2-8H,1H3. The van der Waals surface area contributed by atoms with E-state index in [-0.39, 0.29) is 0 Å². The van der Waals surface area contributed by atoms with Crippen molar-refractivity contribution in [1.82, 2.24) is 14.6 Å². The van der Waals surface area contributed by atoms with Gasteiger partial charge in [-0.2, -0.15) is 0 Å². The zero-order chi connectivity index (χ0) is 12.5. The molecule has 0 saturated heterocycles. The summed E-state index contributed by atoms with van der Waals surface area (Å²) >= 11 is 3.51. The number of fused-ring (bicyclic) bond motifs is 1. The number of hydrogen-bond acceptors (Lipinski definition) is 3. The quantitative estimate of drug-likeness (QED) is 0.683. The van der Waals surface area contributed by atoms with Crippen molar-refractivity contribution in [2.75, 3.05) is 7.11 Å². The molecule has 90 valence electrons. The molecule has 0 aliphatic rings. The maximum atomic E-state index is 5.23. The van der Waals surface area contributed by atoms with Gasteiger partial charge in [0.25, 0.3) is 0 Å². The first-order valence-electron chi connectivity index (χ1n) is 5.43. The molecule has 0 bridgehead atoms. The first kappa shape index (κ1) is 11.2. The van der Waals surface area contributed by atoms with Gasteiger partial charge < -0.3 is 4.74 Å². The van der Waals surface area contributed by atoms with Crippen LogP contribution in [0.15, 0.2) is 47.1 Å². The van der Waals surface area contributed by atoms with Gasteiger partial charge in [0.15, 0.2) is 11.5 Å². The Labute approximate surface area is 112 Å². The maximum Gasteiger partial charge on any atom is 0.169 e. The molecule has 2 aromatic heterocycles. The molecule has 18 heavy (non-hydrogen) atoms. The van der Waals surface area contributed by atoms with E-state index >= 15 is 0 Å². The minimum Gasteiger partial charge on any atom is -0.497 e. The number of nitrogens with zero attached hydrogens (tertiary/aromatic N) is 3. The number of methoxy groups -OCH3 is 1. The number of halogens is 1. The molecule has 3 rings (SSSR count). The molecule has 0 unspecified atom stereocenters. The van der Waals surface area contributed by atoms with Crippen molar-refractivity contribution >= 4 is 21.6 Å². The number of benzene rings is 1. The van der Waals surface area contributed by atoms with Crippen molar-refractivity contribution < 1.29 is 4.74 Å². The molecule has 2 heterocycles. The van der Waals surface area contributed by atoms with Crippen LogP contribution >= 0.6 is 15.9 Å². The Bertz CT molecular complexity index is 708. The topological polar surface area (TPSA) is 39.4 Å². The average molecular weight is 304 g/mol. The number of aromatic nitrogens is 3. The zero-order valence-corrected chi connectivity index (χ0v) is 11.3. The minimum absolute atomic E-state index is 0.788. The van der Waals surface area contributed by atoms with Crippen LogP contribution in [0.4, 0.5) is 0 Å². The lowest BCUT2D eigenvalue weighted by Crippen LogP contribution is -1.92. The van der Waals surface area contributed by atoms with Crippen LogP contribution in [-0.2, 0) is 0 Å². The van der Waals surface area contributed by atoms with Crippen LogP contribution in [-0.4, -0.2) is 21.7 Å². The highest BCUT2D eigenvalue weighted by molar-refractivity contribution is 9.10. The monoisotopic (exact) mass is 303 g/mol. The van der Waals surface area contributed by atoms with Crippen LogP contribution in [0.25, 0.3) is 17.0 Å². The van der Waals surface area contributed by atoms with Gasteiger partial charge in [-0.1, -0.05) is 18.2 Å². The van der Waals surface area contributed by atoms with E-state index in [9.17, 15) is 0 Å². The fourth-order valence-electron chi connectivity index (χ4n) is 1.85. The average Bonchev–Trinajstić information content (AvgIpc) is 2.84. The highest BCUT2D eigenvalue weighted by atomic mass is 79.9. The van der Waals surface area contributed by atoms with Crippen molar-refractivity contribution in [3.05, 3.63) is 47.1 Å². The second kappa shape index (κ2) is 4.42. The summed E-state index contributed by atoms with van der Waals surface area (Å²) in [5.74, 6) is 1.59. The molecule has 1 aromatic carbocycles. The summed E-state index contributed by atoms with van der Waals surface area (Å²) in [7, 11) is 1.65. The number of ether oxygens (including phenoxy) is 1. The Hall–Kier alpha value is -1.88. The Balaban J connectivity index is 2.25. The normalized spacial score (nSPS) is 10.8. The van der Waals surface area contributed by atoms with E-state index in [0.29, 0.717) is 0 Å². The number of rotatable bonds is 2. The lowest BCUT2D eigenvalue weighted by molar-refractivity contribution is 0.415. The van der Waals surface area contributed by atoms with Gasteiger partial charge in [0.05, 0.1) is 11.7 Å². The van der Waals surface area contributed by atoms with Crippen LogP contribution in [0.3, 0.4) is 0 Å². The van der Waals surface area contributed by atoms with Crippen LogP contribution in [0.5, 0.6) is 5.75 Å². The van der Waals surface area contributed by atoms with Crippen molar-refractivity contribution in [1.29, 1.82) is 0 Å². The van der Waals surface area contributed by atoms with Crippen LogP contribution in [0, 0.1) is 0 Å². The lowest BCUT2D eigenvalue weighted by atomic mass is 10.2. The van der Waals surface area contributed by atoms with Crippen molar-refractivity contribution in [3.63, 3.8) is 0 Å². The first-order chi connectivity index (χ1) is 8.79. The Morgan fingerprint density at radius 1 is 1.11 bits per heavy atom. The summed E-state index contributed by atoms with van der Waals surface area (Å²) in [4.78, 5) is 0. The van der Waals surface area contributed by atoms with Gasteiger partial charge in [0, 0.05) is 5.56 Å².